The van der Waals surface area contributed by atoms with Crippen LogP contribution in [0.15, 0.2) is 18.2 Å². The Morgan fingerprint density at radius 2 is 2.00 bits per heavy atom. The summed E-state index contributed by atoms with van der Waals surface area (Å²) in [5.41, 5.74) is 0.0713. The second-order valence-electron chi connectivity index (χ2n) is 10.3. The van der Waals surface area contributed by atoms with E-state index in [9.17, 15) is 19.8 Å². The first-order chi connectivity index (χ1) is 14.3. The third-order valence-corrected chi connectivity index (χ3v) is 8.62. The van der Waals surface area contributed by atoms with Crippen molar-refractivity contribution >= 4 is 11.9 Å². The van der Waals surface area contributed by atoms with Gasteiger partial charge in [0.1, 0.15) is 5.54 Å². The number of aliphatic hydroxyl groups excluding tert-OH is 1. The van der Waals surface area contributed by atoms with Crippen molar-refractivity contribution in [1.82, 2.24) is 15.5 Å². The molecule has 4 N–H and O–H groups in total. The van der Waals surface area contributed by atoms with Crippen LogP contribution in [0.3, 0.4) is 0 Å². The van der Waals surface area contributed by atoms with Crippen LogP contribution in [0, 0.1) is 12.8 Å². The molecule has 1 aromatic rings. The molecule has 2 saturated carbocycles. The summed E-state index contributed by atoms with van der Waals surface area (Å²) in [6, 6.07) is 5.22. The lowest BCUT2D eigenvalue weighted by molar-refractivity contribution is -0.207. The third-order valence-electron chi connectivity index (χ3n) is 8.62. The summed E-state index contributed by atoms with van der Waals surface area (Å²) in [5, 5.41) is 29.1. The zero-order valence-corrected chi connectivity index (χ0v) is 17.3. The zero-order valence-electron chi connectivity index (χ0n) is 17.3. The highest BCUT2D eigenvalue weighted by Gasteiger charge is 2.71. The van der Waals surface area contributed by atoms with Gasteiger partial charge in [0.2, 0.25) is 0 Å². The molecule has 160 valence electrons. The molecule has 3 amide bonds. The van der Waals surface area contributed by atoms with E-state index in [0.29, 0.717) is 31.6 Å². The van der Waals surface area contributed by atoms with Crippen LogP contribution in [0.2, 0.25) is 0 Å². The van der Waals surface area contributed by atoms with Crippen LogP contribution in [-0.2, 0) is 10.2 Å². The van der Waals surface area contributed by atoms with Gasteiger partial charge in [0.05, 0.1) is 17.7 Å². The van der Waals surface area contributed by atoms with Gasteiger partial charge in [0.15, 0.2) is 0 Å². The van der Waals surface area contributed by atoms with Gasteiger partial charge in [-0.25, -0.2) is 4.79 Å². The second-order valence-corrected chi connectivity index (χ2v) is 10.3. The minimum absolute atomic E-state index is 0.291. The fourth-order valence-electron chi connectivity index (χ4n) is 7.01. The smallest absolute Gasteiger partial charge is 0.322 e. The molecular formula is C23H29N3O4. The van der Waals surface area contributed by atoms with Gasteiger partial charge < -0.3 is 15.5 Å². The number of carbonyl (C=O) groups is 2. The first-order valence-electron chi connectivity index (χ1n) is 11.2. The lowest BCUT2D eigenvalue weighted by atomic mass is 9.46. The van der Waals surface area contributed by atoms with Crippen molar-refractivity contribution in [2.24, 2.45) is 5.92 Å². The van der Waals surface area contributed by atoms with E-state index in [0.717, 1.165) is 29.8 Å². The minimum Gasteiger partial charge on any atom is -0.387 e. The predicted molar refractivity (Wildman–Crippen MR) is 109 cm³/mol. The monoisotopic (exact) mass is 411 g/mol. The largest absolute Gasteiger partial charge is 0.387 e. The van der Waals surface area contributed by atoms with Crippen molar-refractivity contribution < 1.29 is 19.8 Å². The summed E-state index contributed by atoms with van der Waals surface area (Å²) in [6.07, 6.45) is 3.49. The van der Waals surface area contributed by atoms with Gasteiger partial charge >= 0.3 is 6.03 Å². The molecular weight excluding hydrogens is 382 g/mol. The van der Waals surface area contributed by atoms with E-state index in [1.807, 2.05) is 19.1 Å². The number of rotatable bonds is 2. The Hall–Kier alpha value is -1.96. The molecule has 0 radical (unpaired) electrons. The van der Waals surface area contributed by atoms with Gasteiger partial charge in [0, 0.05) is 12.0 Å². The van der Waals surface area contributed by atoms with Gasteiger partial charge in [-0.1, -0.05) is 23.8 Å². The summed E-state index contributed by atoms with van der Waals surface area (Å²) in [6.45, 7) is 3.70. The quantitative estimate of drug-likeness (QED) is 0.549. The fraction of sp³-hybridized carbons (Fsp3) is 0.652. The number of hydrogen-bond acceptors (Lipinski definition) is 5. The van der Waals surface area contributed by atoms with Crippen molar-refractivity contribution in [3.05, 3.63) is 34.9 Å². The van der Waals surface area contributed by atoms with Crippen LogP contribution < -0.4 is 10.6 Å². The van der Waals surface area contributed by atoms with Gasteiger partial charge in [0.25, 0.3) is 5.91 Å². The van der Waals surface area contributed by atoms with Gasteiger partial charge in [-0.3, -0.25) is 15.0 Å². The van der Waals surface area contributed by atoms with Gasteiger partial charge in [-0.05, 0) is 69.0 Å². The molecule has 1 aromatic carbocycles. The highest BCUT2D eigenvalue weighted by molar-refractivity contribution is 6.07. The summed E-state index contributed by atoms with van der Waals surface area (Å²) < 4.78 is 0. The second kappa shape index (κ2) is 5.84. The first kappa shape index (κ1) is 18.8. The molecule has 3 aliphatic carbocycles. The standard InChI is InChI=1S/C23H29N3O4/c1-13-2-5-15-16(10-13)21-8-9-26(11-14-3-4-14)18(17(15)27)23(21,30)7-6-22(12-21)19(28)24-20(29)25-22/h2,5,10,14,17-18,27,30H,3-4,6-9,11-12H2,1H3,(H2,24,25,28,29)/t17-,18-,21-,22+,23-/m1/s1. The molecule has 0 aromatic heterocycles. The molecule has 6 rings (SSSR count). The van der Waals surface area contributed by atoms with E-state index in [2.05, 4.69) is 21.6 Å². The molecule has 5 aliphatic rings. The first-order valence-corrected chi connectivity index (χ1v) is 11.2. The van der Waals surface area contributed by atoms with Crippen LogP contribution in [0.4, 0.5) is 4.79 Å². The van der Waals surface area contributed by atoms with Crippen LogP contribution in [0.25, 0.3) is 0 Å². The maximum Gasteiger partial charge on any atom is 0.322 e. The number of amides is 3. The number of fused-ring (bicyclic) bond motifs is 1. The zero-order chi connectivity index (χ0) is 20.9. The molecule has 4 fully saturated rings. The number of likely N-dealkylation sites (tertiary alicyclic amines) is 1. The van der Waals surface area contributed by atoms with E-state index >= 15 is 0 Å². The molecule has 2 aliphatic heterocycles. The summed E-state index contributed by atoms with van der Waals surface area (Å²) in [4.78, 5) is 27.1. The molecule has 30 heavy (non-hydrogen) atoms. The Labute approximate surface area is 175 Å². The van der Waals surface area contributed by atoms with Crippen LogP contribution in [-0.4, -0.2) is 57.3 Å². The Morgan fingerprint density at radius 3 is 2.70 bits per heavy atom. The number of nitrogens with one attached hydrogen (secondary N) is 2. The number of piperidine rings is 1. The Balaban J connectivity index is 1.53. The van der Waals surface area contributed by atoms with Gasteiger partial charge in [-0.15, -0.1) is 0 Å². The number of aryl methyl sites for hydroxylation is 1. The molecule has 7 nitrogen and oxygen atoms in total. The number of imide groups is 1. The number of aliphatic hydroxyl groups is 2. The maximum absolute atomic E-state index is 12.8. The van der Waals surface area contributed by atoms with Crippen molar-refractivity contribution in [1.29, 1.82) is 0 Å². The normalized spacial score (nSPS) is 42.5. The van der Waals surface area contributed by atoms with E-state index in [4.69, 9.17) is 0 Å². The maximum atomic E-state index is 12.8. The molecule has 2 bridgehead atoms. The Morgan fingerprint density at radius 1 is 1.20 bits per heavy atom. The van der Waals surface area contributed by atoms with E-state index in [1.54, 1.807) is 0 Å². The predicted octanol–water partition coefficient (Wildman–Crippen LogP) is 1.26. The van der Waals surface area contributed by atoms with Crippen molar-refractivity contribution in [3.63, 3.8) is 0 Å². The molecule has 0 unspecified atom stereocenters. The highest BCUT2D eigenvalue weighted by atomic mass is 16.3. The molecule has 2 heterocycles. The van der Waals surface area contributed by atoms with Crippen LogP contribution in [0.5, 0.6) is 0 Å². The summed E-state index contributed by atoms with van der Waals surface area (Å²) >= 11 is 0. The molecule has 1 spiro atoms. The molecule has 2 saturated heterocycles. The van der Waals surface area contributed by atoms with Crippen LogP contribution in [0.1, 0.15) is 61.3 Å². The van der Waals surface area contributed by atoms with Crippen molar-refractivity contribution in [2.75, 3.05) is 13.1 Å². The number of benzene rings is 1. The number of hydrogen-bond donors (Lipinski definition) is 4. The summed E-state index contributed by atoms with van der Waals surface area (Å²) in [7, 11) is 0. The van der Waals surface area contributed by atoms with E-state index in [1.165, 1.54) is 12.8 Å². The summed E-state index contributed by atoms with van der Waals surface area (Å²) in [5.74, 6) is 0.365. The number of urea groups is 1. The fourth-order valence-corrected chi connectivity index (χ4v) is 7.01. The van der Waals surface area contributed by atoms with Gasteiger partial charge in [-0.2, -0.15) is 0 Å². The molecule has 7 heteroatoms. The topological polar surface area (TPSA) is 102 Å². The minimum atomic E-state index is -1.14. The highest BCUT2D eigenvalue weighted by Crippen LogP contribution is 2.62. The number of nitrogens with zero attached hydrogens (tertiary/aromatic N) is 1. The molecule has 5 atom stereocenters. The van der Waals surface area contributed by atoms with E-state index in [-0.39, 0.29) is 11.9 Å². The lowest BCUT2D eigenvalue weighted by Gasteiger charge is -2.66. The Bertz CT molecular complexity index is 962. The van der Waals surface area contributed by atoms with E-state index < -0.39 is 28.7 Å². The van der Waals surface area contributed by atoms with Crippen LogP contribution >= 0.6 is 0 Å². The number of carbonyl (C=O) groups excluding carboxylic acids is 2. The van der Waals surface area contributed by atoms with Crippen molar-refractivity contribution in [3.8, 4) is 0 Å². The Kier molecular flexibility index (Phi) is 3.65. The average molecular weight is 412 g/mol. The van der Waals surface area contributed by atoms with Crippen molar-refractivity contribution in [2.45, 2.75) is 74.1 Å². The third kappa shape index (κ3) is 2.26. The average Bonchev–Trinajstić information content (AvgIpc) is 3.46. The SMILES string of the molecule is Cc1ccc2c(c1)[C@]13CCN(CC4CC4)[C@H]([C@@H]2O)[C@]1(O)CC[C@@]1(C3)NC(=O)NC1=O. The lowest BCUT2D eigenvalue weighted by Crippen LogP contribution is -2.77.